The highest BCUT2D eigenvalue weighted by Crippen LogP contribution is 2.23. The molecule has 8 nitrogen and oxygen atoms in total. The third-order valence-electron chi connectivity index (χ3n) is 5.48. The number of aromatic nitrogens is 1. The van der Waals surface area contributed by atoms with E-state index in [2.05, 4.69) is 27.0 Å². The predicted octanol–water partition coefficient (Wildman–Crippen LogP) is 1.81. The van der Waals surface area contributed by atoms with Gasteiger partial charge in [-0.05, 0) is 34.7 Å². The lowest BCUT2D eigenvalue weighted by molar-refractivity contribution is -0.389. The zero-order valence-electron chi connectivity index (χ0n) is 15.3. The maximum Gasteiger partial charge on any atom is 0.363 e. The normalized spacial score (nSPS) is 24.3. The van der Waals surface area contributed by atoms with Crippen molar-refractivity contribution in [2.45, 2.75) is 38.6 Å². The monoisotopic (exact) mass is 361 g/mol. The minimum atomic E-state index is -0.493. The molecule has 0 unspecified atom stereocenters. The average Bonchev–Trinajstić information content (AvgIpc) is 2.64. The summed E-state index contributed by atoms with van der Waals surface area (Å²) < 4.78 is 0. The first-order valence-corrected chi connectivity index (χ1v) is 9.40. The fourth-order valence-corrected chi connectivity index (χ4v) is 3.82. The summed E-state index contributed by atoms with van der Waals surface area (Å²) in [6.45, 7) is 5.82. The Morgan fingerprint density at radius 3 is 2.62 bits per heavy atom. The number of anilines is 1. The summed E-state index contributed by atoms with van der Waals surface area (Å²) in [5, 5.41) is 13.9. The van der Waals surface area contributed by atoms with Crippen LogP contribution in [0.3, 0.4) is 0 Å². The molecule has 2 heterocycles. The van der Waals surface area contributed by atoms with Gasteiger partial charge in [-0.15, -0.1) is 0 Å². The van der Waals surface area contributed by atoms with Crippen LogP contribution in [0.4, 0.5) is 11.5 Å². The van der Waals surface area contributed by atoms with E-state index in [-0.39, 0.29) is 11.7 Å². The van der Waals surface area contributed by atoms with E-state index in [0.717, 1.165) is 38.3 Å². The van der Waals surface area contributed by atoms with Crippen molar-refractivity contribution in [2.75, 3.05) is 37.6 Å². The van der Waals surface area contributed by atoms with Gasteiger partial charge in [-0.1, -0.05) is 19.8 Å². The van der Waals surface area contributed by atoms with Gasteiger partial charge in [0, 0.05) is 38.3 Å². The van der Waals surface area contributed by atoms with Crippen LogP contribution in [0, 0.1) is 16.0 Å². The molecule has 1 N–H and O–H groups in total. The molecule has 3 rings (SSSR count). The van der Waals surface area contributed by atoms with Crippen LogP contribution >= 0.6 is 0 Å². The molecule has 2 fully saturated rings. The second kappa shape index (κ2) is 8.44. The van der Waals surface area contributed by atoms with Crippen LogP contribution in [-0.4, -0.2) is 59.5 Å². The van der Waals surface area contributed by atoms with Crippen LogP contribution in [0.5, 0.6) is 0 Å². The number of piperazine rings is 1. The Labute approximate surface area is 153 Å². The van der Waals surface area contributed by atoms with Gasteiger partial charge >= 0.3 is 5.82 Å². The van der Waals surface area contributed by atoms with Gasteiger partial charge in [-0.2, -0.15) is 0 Å². The minimum absolute atomic E-state index is 0.120. The zero-order valence-corrected chi connectivity index (χ0v) is 15.3. The summed E-state index contributed by atoms with van der Waals surface area (Å²) in [6.07, 6.45) is 6.32. The molecule has 1 aliphatic carbocycles. The molecule has 8 heteroatoms. The number of nitro groups is 1. The van der Waals surface area contributed by atoms with Crippen molar-refractivity contribution in [3.05, 3.63) is 28.4 Å². The second-order valence-corrected chi connectivity index (χ2v) is 7.33. The van der Waals surface area contributed by atoms with Gasteiger partial charge in [0.2, 0.25) is 5.91 Å². The zero-order chi connectivity index (χ0) is 18.5. The van der Waals surface area contributed by atoms with Crippen LogP contribution in [-0.2, 0) is 4.79 Å². The number of hydrogen-bond donors (Lipinski definition) is 1. The molecule has 2 aliphatic rings. The van der Waals surface area contributed by atoms with Gasteiger partial charge in [-0.25, -0.2) is 0 Å². The Morgan fingerprint density at radius 2 is 2.00 bits per heavy atom. The number of pyridine rings is 1. The summed E-state index contributed by atoms with van der Waals surface area (Å²) in [5.74, 6) is 0.550. The van der Waals surface area contributed by atoms with E-state index in [4.69, 9.17) is 0 Å². The smallest absolute Gasteiger partial charge is 0.363 e. The predicted molar refractivity (Wildman–Crippen MR) is 99.1 cm³/mol. The van der Waals surface area contributed by atoms with Crippen molar-refractivity contribution in [1.82, 2.24) is 15.2 Å². The SMILES string of the molecule is C[C@H]1CCCC[C@@H]1NC(=O)CN1CCN(c2ccc([N+](=O)[O-])nc2)CC1. The minimum Gasteiger partial charge on any atom is -0.366 e. The molecule has 142 valence electrons. The number of rotatable bonds is 5. The number of carbonyl (C=O) groups is 1. The first-order chi connectivity index (χ1) is 12.5. The molecule has 0 spiro atoms. The van der Waals surface area contributed by atoms with E-state index in [0.29, 0.717) is 18.5 Å². The molecule has 1 aromatic rings. The van der Waals surface area contributed by atoms with Crippen LogP contribution in [0.25, 0.3) is 0 Å². The standard InChI is InChI=1S/C18H27N5O3/c1-14-4-2-3-5-16(14)20-18(24)13-21-8-10-22(11-9-21)15-6-7-17(19-12-15)23(25)26/h6-7,12,14,16H,2-5,8-11,13H2,1H3,(H,20,24)/t14-,16-/m0/s1. The fraction of sp³-hybridized carbons (Fsp3) is 0.667. The van der Waals surface area contributed by atoms with Gasteiger partial charge in [-0.3, -0.25) is 9.69 Å². The number of carbonyl (C=O) groups excluding carboxylic acids is 1. The van der Waals surface area contributed by atoms with Crippen molar-refractivity contribution in [1.29, 1.82) is 0 Å². The molecule has 1 saturated carbocycles. The second-order valence-electron chi connectivity index (χ2n) is 7.33. The lowest BCUT2D eigenvalue weighted by Gasteiger charge is -2.36. The van der Waals surface area contributed by atoms with Crippen molar-refractivity contribution in [3.63, 3.8) is 0 Å². The summed E-state index contributed by atoms with van der Waals surface area (Å²) >= 11 is 0. The number of nitrogens with one attached hydrogen (secondary N) is 1. The lowest BCUT2D eigenvalue weighted by atomic mass is 9.86. The number of amides is 1. The number of hydrogen-bond acceptors (Lipinski definition) is 6. The Bertz CT molecular complexity index is 628. The molecule has 1 aliphatic heterocycles. The van der Waals surface area contributed by atoms with E-state index in [9.17, 15) is 14.9 Å². The van der Waals surface area contributed by atoms with Gasteiger partial charge in [0.1, 0.15) is 0 Å². The fourth-order valence-electron chi connectivity index (χ4n) is 3.82. The Hall–Kier alpha value is -2.22. The first-order valence-electron chi connectivity index (χ1n) is 9.40. The highest BCUT2D eigenvalue weighted by atomic mass is 16.6. The van der Waals surface area contributed by atoms with Crippen molar-refractivity contribution in [2.24, 2.45) is 5.92 Å². The third kappa shape index (κ3) is 4.69. The van der Waals surface area contributed by atoms with Crippen molar-refractivity contribution < 1.29 is 9.72 Å². The summed E-state index contributed by atoms with van der Waals surface area (Å²) in [7, 11) is 0. The lowest BCUT2D eigenvalue weighted by Crippen LogP contribution is -2.51. The Balaban J connectivity index is 1.44. The third-order valence-corrected chi connectivity index (χ3v) is 5.48. The molecule has 0 bridgehead atoms. The van der Waals surface area contributed by atoms with Crippen molar-refractivity contribution >= 4 is 17.4 Å². The highest BCUT2D eigenvalue weighted by Gasteiger charge is 2.25. The van der Waals surface area contributed by atoms with Gasteiger partial charge in [0.15, 0.2) is 6.20 Å². The maximum absolute atomic E-state index is 12.3. The highest BCUT2D eigenvalue weighted by molar-refractivity contribution is 5.78. The quantitative estimate of drug-likeness (QED) is 0.635. The molecule has 26 heavy (non-hydrogen) atoms. The summed E-state index contributed by atoms with van der Waals surface area (Å²) in [4.78, 5) is 30.7. The van der Waals surface area contributed by atoms with Crippen LogP contribution < -0.4 is 10.2 Å². The molecule has 1 saturated heterocycles. The van der Waals surface area contributed by atoms with Gasteiger partial charge < -0.3 is 20.3 Å². The molecular weight excluding hydrogens is 334 g/mol. The molecular formula is C18H27N5O3. The van der Waals surface area contributed by atoms with Gasteiger partial charge in [0.05, 0.1) is 12.2 Å². The molecule has 0 aromatic carbocycles. The van der Waals surface area contributed by atoms with Gasteiger partial charge in [0.25, 0.3) is 0 Å². The van der Waals surface area contributed by atoms with Crippen LogP contribution in [0.2, 0.25) is 0 Å². The summed E-state index contributed by atoms with van der Waals surface area (Å²) in [6, 6.07) is 3.49. The molecule has 0 radical (unpaired) electrons. The van der Waals surface area contributed by atoms with E-state index >= 15 is 0 Å². The van der Waals surface area contributed by atoms with Crippen molar-refractivity contribution in [3.8, 4) is 0 Å². The largest absolute Gasteiger partial charge is 0.366 e. The van der Waals surface area contributed by atoms with E-state index in [1.165, 1.54) is 25.3 Å². The Morgan fingerprint density at radius 1 is 1.27 bits per heavy atom. The number of nitrogens with zero attached hydrogens (tertiary/aromatic N) is 4. The van der Waals surface area contributed by atoms with E-state index in [1.54, 1.807) is 12.3 Å². The Kier molecular flexibility index (Phi) is 6.03. The maximum atomic E-state index is 12.3. The molecule has 1 aromatic heterocycles. The van der Waals surface area contributed by atoms with Crippen LogP contribution in [0.15, 0.2) is 18.3 Å². The van der Waals surface area contributed by atoms with E-state index < -0.39 is 4.92 Å². The molecule has 2 atom stereocenters. The first kappa shape index (κ1) is 18.6. The van der Waals surface area contributed by atoms with E-state index in [1.807, 2.05) is 0 Å². The average molecular weight is 361 g/mol. The summed E-state index contributed by atoms with van der Waals surface area (Å²) in [5.41, 5.74) is 0.885. The molecule has 1 amide bonds. The topological polar surface area (TPSA) is 91.6 Å². The van der Waals surface area contributed by atoms with Crippen LogP contribution in [0.1, 0.15) is 32.6 Å².